The SMILES string of the molecule is COc1ccc(C(Nc2cc(C)cc(F)c2)C(N)=O)cn1. The van der Waals surface area contributed by atoms with Gasteiger partial charge in [-0.05, 0) is 36.8 Å². The van der Waals surface area contributed by atoms with Crippen molar-refractivity contribution in [2.45, 2.75) is 13.0 Å². The largest absolute Gasteiger partial charge is 0.481 e. The number of aromatic nitrogens is 1. The third-order valence-electron chi connectivity index (χ3n) is 2.94. The van der Waals surface area contributed by atoms with E-state index in [2.05, 4.69) is 10.3 Å². The number of nitrogens with zero attached hydrogens (tertiary/aromatic N) is 1. The fourth-order valence-corrected chi connectivity index (χ4v) is 1.99. The minimum atomic E-state index is -0.801. The predicted molar refractivity (Wildman–Crippen MR) is 77.5 cm³/mol. The van der Waals surface area contributed by atoms with Crippen molar-refractivity contribution in [3.8, 4) is 5.88 Å². The van der Waals surface area contributed by atoms with E-state index in [0.717, 1.165) is 5.56 Å². The van der Waals surface area contributed by atoms with Gasteiger partial charge in [-0.25, -0.2) is 9.37 Å². The maximum absolute atomic E-state index is 13.4. The van der Waals surface area contributed by atoms with Gasteiger partial charge >= 0.3 is 0 Å². The lowest BCUT2D eigenvalue weighted by atomic mass is 10.1. The minimum Gasteiger partial charge on any atom is -0.481 e. The first-order chi connectivity index (χ1) is 9.99. The molecule has 1 atom stereocenters. The summed E-state index contributed by atoms with van der Waals surface area (Å²) >= 11 is 0. The maximum atomic E-state index is 13.4. The topological polar surface area (TPSA) is 77.2 Å². The molecule has 1 aromatic carbocycles. The number of anilines is 1. The number of rotatable bonds is 5. The van der Waals surface area contributed by atoms with E-state index in [-0.39, 0.29) is 5.82 Å². The second-order valence-corrected chi connectivity index (χ2v) is 4.63. The fourth-order valence-electron chi connectivity index (χ4n) is 1.99. The van der Waals surface area contributed by atoms with Gasteiger partial charge in [-0.3, -0.25) is 4.79 Å². The molecule has 0 saturated heterocycles. The molecule has 2 aromatic rings. The number of hydrogen-bond donors (Lipinski definition) is 2. The van der Waals surface area contributed by atoms with Crippen molar-refractivity contribution in [1.29, 1.82) is 0 Å². The zero-order valence-corrected chi connectivity index (χ0v) is 11.8. The molecule has 0 radical (unpaired) electrons. The molecule has 3 N–H and O–H groups in total. The Morgan fingerprint density at radius 2 is 2.14 bits per heavy atom. The van der Waals surface area contributed by atoms with Crippen LogP contribution in [0, 0.1) is 12.7 Å². The number of methoxy groups -OCH3 is 1. The zero-order valence-electron chi connectivity index (χ0n) is 11.8. The van der Waals surface area contributed by atoms with Crippen molar-refractivity contribution < 1.29 is 13.9 Å². The highest BCUT2D eigenvalue weighted by molar-refractivity contribution is 5.84. The van der Waals surface area contributed by atoms with Crippen LogP contribution in [0.1, 0.15) is 17.2 Å². The highest BCUT2D eigenvalue weighted by Gasteiger charge is 2.18. The Kier molecular flexibility index (Phi) is 4.37. The van der Waals surface area contributed by atoms with Gasteiger partial charge in [0.15, 0.2) is 0 Å². The van der Waals surface area contributed by atoms with E-state index < -0.39 is 11.9 Å². The molecular formula is C15H16FN3O2. The van der Waals surface area contributed by atoms with Crippen LogP contribution in [0.3, 0.4) is 0 Å². The smallest absolute Gasteiger partial charge is 0.244 e. The molecule has 5 nitrogen and oxygen atoms in total. The van der Waals surface area contributed by atoms with Crippen LogP contribution in [0.2, 0.25) is 0 Å². The number of pyridine rings is 1. The Bertz CT molecular complexity index is 624. The van der Waals surface area contributed by atoms with Crippen molar-refractivity contribution in [2.24, 2.45) is 5.73 Å². The summed E-state index contributed by atoms with van der Waals surface area (Å²) in [5.41, 5.74) is 7.21. The molecule has 1 heterocycles. The average molecular weight is 289 g/mol. The summed E-state index contributed by atoms with van der Waals surface area (Å²) < 4.78 is 18.4. The van der Waals surface area contributed by atoms with Crippen LogP contribution in [-0.4, -0.2) is 18.0 Å². The zero-order chi connectivity index (χ0) is 15.4. The first-order valence-electron chi connectivity index (χ1n) is 6.32. The summed E-state index contributed by atoms with van der Waals surface area (Å²) in [6.07, 6.45) is 1.49. The lowest BCUT2D eigenvalue weighted by molar-refractivity contribution is -0.118. The van der Waals surface area contributed by atoms with Gasteiger partial charge in [0.1, 0.15) is 11.9 Å². The lowest BCUT2D eigenvalue weighted by Gasteiger charge is -2.17. The van der Waals surface area contributed by atoms with E-state index in [1.165, 1.54) is 25.4 Å². The van der Waals surface area contributed by atoms with Crippen LogP contribution < -0.4 is 15.8 Å². The van der Waals surface area contributed by atoms with Crippen LogP contribution >= 0.6 is 0 Å². The van der Waals surface area contributed by atoms with Crippen molar-refractivity contribution in [1.82, 2.24) is 4.98 Å². The lowest BCUT2D eigenvalue weighted by Crippen LogP contribution is -2.27. The van der Waals surface area contributed by atoms with Gasteiger partial charge in [0, 0.05) is 23.5 Å². The molecule has 2 rings (SSSR count). The molecule has 1 aromatic heterocycles. The minimum absolute atomic E-state index is 0.381. The molecular weight excluding hydrogens is 273 g/mol. The van der Waals surface area contributed by atoms with Gasteiger partial charge in [0.25, 0.3) is 0 Å². The molecule has 0 fully saturated rings. The maximum Gasteiger partial charge on any atom is 0.244 e. The highest BCUT2D eigenvalue weighted by atomic mass is 19.1. The van der Waals surface area contributed by atoms with Crippen LogP contribution in [0.5, 0.6) is 5.88 Å². The second-order valence-electron chi connectivity index (χ2n) is 4.63. The molecule has 0 aliphatic rings. The van der Waals surface area contributed by atoms with Crippen LogP contribution in [0.15, 0.2) is 36.5 Å². The van der Waals surface area contributed by atoms with E-state index in [4.69, 9.17) is 10.5 Å². The molecule has 0 aliphatic heterocycles. The Labute approximate surface area is 121 Å². The Morgan fingerprint density at radius 1 is 1.38 bits per heavy atom. The number of primary amides is 1. The van der Waals surface area contributed by atoms with Gasteiger partial charge in [-0.15, -0.1) is 0 Å². The molecule has 1 amide bonds. The number of benzene rings is 1. The van der Waals surface area contributed by atoms with Crippen LogP contribution in [0.25, 0.3) is 0 Å². The standard InChI is InChI=1S/C15H16FN3O2/c1-9-5-11(16)7-12(6-9)19-14(15(17)20)10-3-4-13(21-2)18-8-10/h3-8,14,19H,1-2H3,(H2,17,20). The van der Waals surface area contributed by atoms with Crippen LogP contribution in [-0.2, 0) is 4.79 Å². The van der Waals surface area contributed by atoms with Gasteiger partial charge in [-0.1, -0.05) is 0 Å². The predicted octanol–water partition coefficient (Wildman–Crippen LogP) is 2.18. The quantitative estimate of drug-likeness (QED) is 0.884. The summed E-state index contributed by atoms with van der Waals surface area (Å²) in [7, 11) is 1.50. The Morgan fingerprint density at radius 3 is 2.67 bits per heavy atom. The summed E-state index contributed by atoms with van der Waals surface area (Å²) in [4.78, 5) is 15.7. The molecule has 0 spiro atoms. The van der Waals surface area contributed by atoms with Gasteiger partial charge in [-0.2, -0.15) is 0 Å². The number of amides is 1. The van der Waals surface area contributed by atoms with E-state index in [0.29, 0.717) is 17.1 Å². The molecule has 1 unspecified atom stereocenters. The first kappa shape index (κ1) is 14.8. The van der Waals surface area contributed by atoms with Crippen molar-refractivity contribution >= 4 is 11.6 Å². The first-order valence-corrected chi connectivity index (χ1v) is 6.32. The average Bonchev–Trinajstić information content (AvgIpc) is 2.43. The van der Waals surface area contributed by atoms with E-state index in [9.17, 15) is 9.18 Å². The molecule has 21 heavy (non-hydrogen) atoms. The number of nitrogens with two attached hydrogens (primary N) is 1. The number of hydrogen-bond acceptors (Lipinski definition) is 4. The Balaban J connectivity index is 2.28. The molecule has 0 saturated carbocycles. The van der Waals surface area contributed by atoms with E-state index >= 15 is 0 Å². The number of carbonyl (C=O) groups is 1. The molecule has 0 bridgehead atoms. The second kappa shape index (κ2) is 6.21. The number of aryl methyl sites for hydroxylation is 1. The highest BCUT2D eigenvalue weighted by Crippen LogP contribution is 2.22. The van der Waals surface area contributed by atoms with Crippen molar-refractivity contribution in [3.63, 3.8) is 0 Å². The molecule has 110 valence electrons. The third-order valence-corrected chi connectivity index (χ3v) is 2.94. The normalized spacial score (nSPS) is 11.8. The third kappa shape index (κ3) is 3.68. The van der Waals surface area contributed by atoms with Crippen molar-refractivity contribution in [2.75, 3.05) is 12.4 Å². The summed E-state index contributed by atoms with van der Waals surface area (Å²) in [6.45, 7) is 1.77. The number of carbonyl (C=O) groups excluding carboxylic acids is 1. The summed E-state index contributed by atoms with van der Waals surface area (Å²) in [6, 6.07) is 6.95. The van der Waals surface area contributed by atoms with Gasteiger partial charge in [0.05, 0.1) is 7.11 Å². The van der Waals surface area contributed by atoms with Gasteiger partial charge in [0.2, 0.25) is 11.8 Å². The van der Waals surface area contributed by atoms with Crippen molar-refractivity contribution in [3.05, 3.63) is 53.5 Å². The Hall–Kier alpha value is -2.63. The summed E-state index contributed by atoms with van der Waals surface area (Å²) in [5.74, 6) is -0.527. The summed E-state index contributed by atoms with van der Waals surface area (Å²) in [5, 5.41) is 2.92. The fraction of sp³-hybridized carbons (Fsp3) is 0.200. The molecule has 0 aliphatic carbocycles. The number of halogens is 1. The monoisotopic (exact) mass is 289 g/mol. The number of ether oxygens (including phenoxy) is 1. The van der Waals surface area contributed by atoms with Crippen LogP contribution in [0.4, 0.5) is 10.1 Å². The molecule has 6 heteroatoms. The van der Waals surface area contributed by atoms with E-state index in [1.807, 2.05) is 0 Å². The number of nitrogens with one attached hydrogen (secondary N) is 1. The van der Waals surface area contributed by atoms with E-state index in [1.54, 1.807) is 25.1 Å². The van der Waals surface area contributed by atoms with Gasteiger partial charge < -0.3 is 15.8 Å².